The topological polar surface area (TPSA) is 237 Å². The van der Waals surface area contributed by atoms with Crippen LogP contribution in [0.25, 0.3) is 0 Å². The molecule has 0 bridgehead atoms. The molecule has 0 aliphatic carbocycles. The van der Waals surface area contributed by atoms with Gasteiger partial charge in [0.25, 0.3) is 0 Å². The summed E-state index contributed by atoms with van der Waals surface area (Å²) in [5, 5.41) is 10.6. The van der Waals surface area contributed by atoms with Crippen molar-refractivity contribution in [3.63, 3.8) is 0 Å². The molecule has 0 aliphatic heterocycles. The van der Waals surface area contributed by atoms with Crippen molar-refractivity contribution >= 4 is 39.5 Å². The molecule has 0 aromatic rings. The number of phosphoric acid groups is 2. The molecule has 0 saturated carbocycles. The second kappa shape index (κ2) is 70.4. The zero-order valence-electron chi connectivity index (χ0n) is 65.0. The minimum absolute atomic E-state index is 0.107. The first-order valence-corrected chi connectivity index (χ1v) is 44.4. The van der Waals surface area contributed by atoms with Gasteiger partial charge in [0.05, 0.1) is 26.4 Å². The van der Waals surface area contributed by atoms with Crippen LogP contribution in [0.2, 0.25) is 0 Å². The van der Waals surface area contributed by atoms with Crippen LogP contribution in [0.3, 0.4) is 0 Å². The molecular weight excluding hydrogens is 1290 g/mol. The van der Waals surface area contributed by atoms with Crippen molar-refractivity contribution in [2.24, 2.45) is 17.8 Å². The van der Waals surface area contributed by atoms with Gasteiger partial charge in [0.1, 0.15) is 19.3 Å². The van der Waals surface area contributed by atoms with E-state index in [-0.39, 0.29) is 25.7 Å². The van der Waals surface area contributed by atoms with Gasteiger partial charge in [-0.1, -0.05) is 363 Å². The highest BCUT2D eigenvalue weighted by Gasteiger charge is 2.30. The van der Waals surface area contributed by atoms with Gasteiger partial charge in [0, 0.05) is 25.7 Å². The predicted molar refractivity (Wildman–Crippen MR) is 405 cm³/mol. The number of aliphatic hydroxyl groups excluding tert-OH is 1. The van der Waals surface area contributed by atoms with Crippen LogP contribution in [0.4, 0.5) is 0 Å². The molecule has 0 saturated heterocycles. The molecule has 99 heavy (non-hydrogen) atoms. The Morgan fingerprint density at radius 3 is 0.768 bits per heavy atom. The maximum atomic E-state index is 13.1. The molecule has 0 spiro atoms. The zero-order valence-corrected chi connectivity index (χ0v) is 66.8. The number of esters is 4. The summed E-state index contributed by atoms with van der Waals surface area (Å²) in [5.74, 6) is 0.213. The van der Waals surface area contributed by atoms with Crippen molar-refractivity contribution in [2.45, 2.75) is 433 Å². The van der Waals surface area contributed by atoms with E-state index in [2.05, 4.69) is 48.5 Å². The van der Waals surface area contributed by atoms with Gasteiger partial charge < -0.3 is 33.8 Å². The molecular formula is C80H156O17P2. The van der Waals surface area contributed by atoms with Gasteiger partial charge in [-0.05, 0) is 43.4 Å². The molecule has 0 aromatic carbocycles. The largest absolute Gasteiger partial charge is 0.472 e. The summed E-state index contributed by atoms with van der Waals surface area (Å²) in [6, 6.07) is 0. The van der Waals surface area contributed by atoms with Crippen LogP contribution in [-0.2, 0) is 65.4 Å². The van der Waals surface area contributed by atoms with E-state index in [1.807, 2.05) is 0 Å². The Morgan fingerprint density at radius 2 is 0.515 bits per heavy atom. The van der Waals surface area contributed by atoms with Gasteiger partial charge in [-0.15, -0.1) is 0 Å². The quantitative estimate of drug-likeness (QED) is 0.0222. The number of phosphoric ester groups is 2. The highest BCUT2D eigenvalue weighted by atomic mass is 31.2. The Balaban J connectivity index is 5.25. The molecule has 0 aromatic heterocycles. The molecule has 3 N–H and O–H groups in total. The molecule has 19 heteroatoms. The summed E-state index contributed by atoms with van der Waals surface area (Å²) < 4.78 is 68.7. The second-order valence-electron chi connectivity index (χ2n) is 30.0. The van der Waals surface area contributed by atoms with Crippen molar-refractivity contribution in [3.05, 3.63) is 0 Å². The standard InChI is InChI=1S/C80H156O17P2/c1-8-10-11-12-13-14-15-16-18-24-30-35-40-49-56-64-80(85)97-76(68-91-78(83)62-55-48-43-42-46-53-60-73(7)9-2)70-95-99(88,89)93-66-74(81)65-92-98(86,87)94-69-75(67-90-77(82)61-54-47-39-34-29-26-21-23-28-33-38-45-52-59-72(5)6)96-79(84)63-57-50-41-36-31-25-20-17-19-22-27-32-37-44-51-58-71(3)4/h71-76,81H,8-70H2,1-7H3,(H,86,87)(H,88,89)/t73?,74-,75-,76-/m1/s1. The molecule has 588 valence electrons. The first kappa shape index (κ1) is 97.1. The molecule has 0 radical (unpaired) electrons. The van der Waals surface area contributed by atoms with E-state index in [0.29, 0.717) is 25.7 Å². The lowest BCUT2D eigenvalue weighted by molar-refractivity contribution is -0.161. The van der Waals surface area contributed by atoms with Crippen LogP contribution in [0.15, 0.2) is 0 Å². The number of aliphatic hydroxyl groups is 1. The molecule has 3 unspecified atom stereocenters. The van der Waals surface area contributed by atoms with E-state index in [1.54, 1.807) is 0 Å². The fourth-order valence-corrected chi connectivity index (χ4v) is 13.9. The smallest absolute Gasteiger partial charge is 0.462 e. The van der Waals surface area contributed by atoms with E-state index in [0.717, 1.165) is 114 Å². The lowest BCUT2D eigenvalue weighted by atomic mass is 10.00. The molecule has 17 nitrogen and oxygen atoms in total. The lowest BCUT2D eigenvalue weighted by Gasteiger charge is -2.21. The highest BCUT2D eigenvalue weighted by molar-refractivity contribution is 7.47. The Kier molecular flexibility index (Phi) is 69.0. The van der Waals surface area contributed by atoms with E-state index >= 15 is 0 Å². The molecule has 6 atom stereocenters. The number of carbonyl (C=O) groups is 4. The maximum absolute atomic E-state index is 13.1. The molecule has 0 fully saturated rings. The van der Waals surface area contributed by atoms with Gasteiger partial charge in [-0.2, -0.15) is 0 Å². The zero-order chi connectivity index (χ0) is 73.0. The monoisotopic (exact) mass is 1450 g/mol. The van der Waals surface area contributed by atoms with E-state index in [1.165, 1.54) is 218 Å². The first-order valence-electron chi connectivity index (χ1n) is 41.4. The van der Waals surface area contributed by atoms with Crippen LogP contribution in [0.5, 0.6) is 0 Å². The van der Waals surface area contributed by atoms with Gasteiger partial charge in [-0.25, -0.2) is 9.13 Å². The average molecular weight is 1450 g/mol. The van der Waals surface area contributed by atoms with Crippen LogP contribution >= 0.6 is 15.6 Å². The van der Waals surface area contributed by atoms with Gasteiger partial charge in [0.2, 0.25) is 0 Å². The van der Waals surface area contributed by atoms with Gasteiger partial charge in [0.15, 0.2) is 12.2 Å². The summed E-state index contributed by atoms with van der Waals surface area (Å²) in [6.45, 7) is 11.9. The van der Waals surface area contributed by atoms with Crippen LogP contribution in [0, 0.1) is 17.8 Å². The summed E-state index contributed by atoms with van der Waals surface area (Å²) >= 11 is 0. The Bertz CT molecular complexity index is 1920. The number of unbranched alkanes of at least 4 members (excludes halogenated alkanes) is 45. The lowest BCUT2D eigenvalue weighted by Crippen LogP contribution is -2.30. The maximum Gasteiger partial charge on any atom is 0.472 e. The second-order valence-corrected chi connectivity index (χ2v) is 32.9. The van der Waals surface area contributed by atoms with Crippen molar-refractivity contribution in [2.75, 3.05) is 39.6 Å². The predicted octanol–water partition coefficient (Wildman–Crippen LogP) is 23.7. The third kappa shape index (κ3) is 72.8. The van der Waals surface area contributed by atoms with E-state index < -0.39 is 97.5 Å². The number of carbonyl (C=O) groups excluding carboxylic acids is 4. The van der Waals surface area contributed by atoms with Crippen LogP contribution in [0.1, 0.15) is 414 Å². The van der Waals surface area contributed by atoms with Crippen LogP contribution in [-0.4, -0.2) is 96.7 Å². The highest BCUT2D eigenvalue weighted by Crippen LogP contribution is 2.45. The van der Waals surface area contributed by atoms with Crippen molar-refractivity contribution in [1.82, 2.24) is 0 Å². The summed E-state index contributed by atoms with van der Waals surface area (Å²) in [5.41, 5.74) is 0. The Labute approximate surface area is 607 Å². The van der Waals surface area contributed by atoms with Gasteiger partial charge >= 0.3 is 39.5 Å². The normalized spacial score (nSPS) is 14.3. The minimum atomic E-state index is -4.96. The summed E-state index contributed by atoms with van der Waals surface area (Å²) in [7, 11) is -9.92. The molecule has 0 rings (SSSR count). The third-order valence-electron chi connectivity index (χ3n) is 19.0. The third-order valence-corrected chi connectivity index (χ3v) is 20.9. The van der Waals surface area contributed by atoms with Gasteiger partial charge in [-0.3, -0.25) is 37.3 Å². The van der Waals surface area contributed by atoms with Crippen LogP contribution < -0.4 is 0 Å². The summed E-state index contributed by atoms with van der Waals surface area (Å²) in [6.07, 6.45) is 58.2. The van der Waals surface area contributed by atoms with E-state index in [4.69, 9.17) is 37.0 Å². The summed E-state index contributed by atoms with van der Waals surface area (Å²) in [4.78, 5) is 73.0. The number of rotatable bonds is 78. The first-order chi connectivity index (χ1) is 47.8. The van der Waals surface area contributed by atoms with Crippen molar-refractivity contribution in [1.29, 1.82) is 0 Å². The SMILES string of the molecule is CCCCCCCCCCCCCCCCCC(=O)O[C@H](COC(=O)CCCCCCCCC(C)CC)COP(=O)(O)OC[C@H](O)COP(=O)(O)OC[C@@H](COC(=O)CCCCCCCCCCCCCCCC(C)C)OC(=O)CCCCCCCCCCCCCCCCCC(C)C. The number of hydrogen-bond acceptors (Lipinski definition) is 15. The number of hydrogen-bond donors (Lipinski definition) is 3. The van der Waals surface area contributed by atoms with E-state index in [9.17, 15) is 43.2 Å². The molecule has 0 amide bonds. The Morgan fingerprint density at radius 1 is 0.293 bits per heavy atom. The average Bonchev–Trinajstić information content (AvgIpc) is 1.26. The van der Waals surface area contributed by atoms with Crippen molar-refractivity contribution < 1.29 is 80.2 Å². The molecule has 0 heterocycles. The Hall–Kier alpha value is -1.94. The molecule has 0 aliphatic rings. The number of ether oxygens (including phenoxy) is 4. The fourth-order valence-electron chi connectivity index (χ4n) is 12.3. The van der Waals surface area contributed by atoms with Crippen molar-refractivity contribution in [3.8, 4) is 0 Å². The minimum Gasteiger partial charge on any atom is -0.462 e. The fraction of sp³-hybridized carbons (Fsp3) is 0.950.